The summed E-state index contributed by atoms with van der Waals surface area (Å²) in [6.07, 6.45) is 23.0. The molecule has 4 aliphatic rings. The highest BCUT2D eigenvalue weighted by atomic mass is 15.0. The number of hydrogen-bond acceptors (Lipinski definition) is 4. The van der Waals surface area contributed by atoms with Gasteiger partial charge in [-0.25, -0.2) is 15.0 Å². The molecular formula is C60H52N4. The number of anilines is 1. The molecule has 0 spiro atoms. The van der Waals surface area contributed by atoms with Gasteiger partial charge in [-0.1, -0.05) is 202 Å². The number of hydrogen-bond donors (Lipinski definition) is 1. The van der Waals surface area contributed by atoms with E-state index in [1.165, 1.54) is 55.8 Å². The summed E-state index contributed by atoms with van der Waals surface area (Å²) in [4.78, 5) is 15.6. The van der Waals surface area contributed by atoms with E-state index >= 15 is 0 Å². The molecule has 6 aromatic carbocycles. The van der Waals surface area contributed by atoms with Crippen LogP contribution in [-0.4, -0.2) is 21.0 Å². The van der Waals surface area contributed by atoms with Crippen molar-refractivity contribution in [1.82, 2.24) is 15.0 Å². The largest absolute Gasteiger partial charge is 0.382 e. The van der Waals surface area contributed by atoms with Crippen LogP contribution < -0.4 is 5.32 Å². The van der Waals surface area contributed by atoms with Crippen LogP contribution in [0.5, 0.6) is 0 Å². The SMILES string of the molecule is C=C/C=C\C=C/CC1=CC(C2C=CC3=C(Cc4cccc(-c5nc(-c6ccccc6)nc(-c6cccc7ccccc67)n5)c43)C2)C(Nc2ccc3c(c2)C(C)(C)c2ccccc2-3)CC1. The quantitative estimate of drug-likeness (QED) is 0.110. The van der Waals surface area contributed by atoms with E-state index in [0.717, 1.165) is 59.6 Å². The molecule has 0 fully saturated rings. The molecule has 1 heterocycles. The highest BCUT2D eigenvalue weighted by Gasteiger charge is 2.37. The lowest BCUT2D eigenvalue weighted by Crippen LogP contribution is -2.36. The van der Waals surface area contributed by atoms with Crippen LogP contribution in [0.2, 0.25) is 0 Å². The van der Waals surface area contributed by atoms with Gasteiger partial charge in [0, 0.05) is 39.8 Å². The average molecular weight is 829 g/mol. The summed E-state index contributed by atoms with van der Waals surface area (Å²) < 4.78 is 0. The highest BCUT2D eigenvalue weighted by molar-refractivity contribution is 5.96. The van der Waals surface area contributed by atoms with Crippen LogP contribution in [0, 0.1) is 11.8 Å². The molecule has 64 heavy (non-hydrogen) atoms. The second-order valence-corrected chi connectivity index (χ2v) is 18.3. The third-order valence-corrected chi connectivity index (χ3v) is 14.1. The summed E-state index contributed by atoms with van der Waals surface area (Å²) in [6.45, 7) is 8.56. The molecule has 1 aromatic heterocycles. The van der Waals surface area contributed by atoms with Crippen LogP contribution in [0.25, 0.3) is 61.6 Å². The van der Waals surface area contributed by atoms with Crippen molar-refractivity contribution < 1.29 is 0 Å². The van der Waals surface area contributed by atoms with E-state index in [2.05, 4.69) is 177 Å². The number of aromatic nitrogens is 3. The molecule has 312 valence electrons. The molecule has 0 aliphatic heterocycles. The third-order valence-electron chi connectivity index (χ3n) is 14.1. The predicted molar refractivity (Wildman–Crippen MR) is 267 cm³/mol. The molecule has 4 heteroatoms. The normalized spacial score (nSPS) is 19.4. The lowest BCUT2D eigenvalue weighted by atomic mass is 9.73. The van der Waals surface area contributed by atoms with Gasteiger partial charge in [-0.2, -0.15) is 0 Å². The summed E-state index contributed by atoms with van der Waals surface area (Å²) in [5.41, 5.74) is 16.7. The number of allylic oxidation sites excluding steroid dienone is 10. The number of nitrogens with one attached hydrogen (secondary N) is 1. The molecule has 0 saturated heterocycles. The zero-order valence-electron chi connectivity index (χ0n) is 36.6. The Hall–Kier alpha value is -7.17. The summed E-state index contributed by atoms with van der Waals surface area (Å²) in [5, 5.41) is 6.42. The Bertz CT molecular complexity index is 3120. The van der Waals surface area contributed by atoms with Crippen LogP contribution in [-0.2, 0) is 11.8 Å². The second kappa shape index (κ2) is 16.5. The summed E-state index contributed by atoms with van der Waals surface area (Å²) in [7, 11) is 0. The number of fused-ring (bicyclic) bond motifs is 6. The topological polar surface area (TPSA) is 50.7 Å². The molecule has 3 unspecified atom stereocenters. The van der Waals surface area contributed by atoms with Gasteiger partial charge in [-0.3, -0.25) is 0 Å². The van der Waals surface area contributed by atoms with Crippen molar-refractivity contribution in [2.24, 2.45) is 11.8 Å². The molecule has 0 amide bonds. The first-order valence-corrected chi connectivity index (χ1v) is 22.9. The van der Waals surface area contributed by atoms with Gasteiger partial charge in [0.1, 0.15) is 0 Å². The third kappa shape index (κ3) is 7.17. The van der Waals surface area contributed by atoms with E-state index in [0.29, 0.717) is 35.4 Å². The molecule has 0 bridgehead atoms. The summed E-state index contributed by atoms with van der Waals surface area (Å²) in [6, 6.07) is 48.1. The minimum Gasteiger partial charge on any atom is -0.382 e. The maximum Gasteiger partial charge on any atom is 0.164 e. The lowest BCUT2D eigenvalue weighted by molar-refractivity contribution is 0.373. The van der Waals surface area contributed by atoms with Crippen molar-refractivity contribution in [3.63, 3.8) is 0 Å². The van der Waals surface area contributed by atoms with E-state index < -0.39 is 0 Å². The van der Waals surface area contributed by atoms with Crippen molar-refractivity contribution in [1.29, 1.82) is 0 Å². The van der Waals surface area contributed by atoms with Crippen LogP contribution in [0.3, 0.4) is 0 Å². The fourth-order valence-corrected chi connectivity index (χ4v) is 10.9. The molecule has 4 aliphatic carbocycles. The Morgan fingerprint density at radius 2 is 1.44 bits per heavy atom. The van der Waals surface area contributed by atoms with E-state index in [4.69, 9.17) is 15.0 Å². The number of benzene rings is 6. The Balaban J connectivity index is 0.934. The van der Waals surface area contributed by atoms with Gasteiger partial charge in [-0.05, 0) is 99.9 Å². The van der Waals surface area contributed by atoms with E-state index in [-0.39, 0.29) is 5.41 Å². The van der Waals surface area contributed by atoms with Crippen molar-refractivity contribution >= 4 is 22.0 Å². The van der Waals surface area contributed by atoms with Crippen LogP contribution >= 0.6 is 0 Å². The van der Waals surface area contributed by atoms with Gasteiger partial charge < -0.3 is 5.32 Å². The summed E-state index contributed by atoms with van der Waals surface area (Å²) in [5.74, 6) is 2.78. The van der Waals surface area contributed by atoms with Crippen molar-refractivity contribution in [3.8, 4) is 45.3 Å². The van der Waals surface area contributed by atoms with Gasteiger partial charge in [0.2, 0.25) is 0 Å². The fraction of sp³-hybridized carbons (Fsp3) is 0.183. The zero-order valence-corrected chi connectivity index (χ0v) is 36.6. The maximum absolute atomic E-state index is 5.29. The first-order chi connectivity index (χ1) is 31.4. The maximum atomic E-state index is 5.29. The lowest BCUT2D eigenvalue weighted by Gasteiger charge is -2.37. The highest BCUT2D eigenvalue weighted by Crippen LogP contribution is 2.50. The van der Waals surface area contributed by atoms with Gasteiger partial charge in [-0.15, -0.1) is 0 Å². The first kappa shape index (κ1) is 39.7. The van der Waals surface area contributed by atoms with Gasteiger partial charge in [0.15, 0.2) is 17.5 Å². The van der Waals surface area contributed by atoms with Crippen LogP contribution in [0.4, 0.5) is 5.69 Å². The first-order valence-electron chi connectivity index (χ1n) is 22.9. The average Bonchev–Trinajstić information content (AvgIpc) is 3.83. The molecule has 3 atom stereocenters. The molecular weight excluding hydrogens is 777 g/mol. The van der Waals surface area contributed by atoms with Crippen molar-refractivity contribution in [3.05, 3.63) is 222 Å². The van der Waals surface area contributed by atoms with Crippen molar-refractivity contribution in [2.45, 2.75) is 57.4 Å². The van der Waals surface area contributed by atoms with Crippen molar-refractivity contribution in [2.75, 3.05) is 5.32 Å². The molecule has 0 saturated carbocycles. The molecule has 11 rings (SSSR count). The van der Waals surface area contributed by atoms with E-state index in [1.807, 2.05) is 30.4 Å². The minimum absolute atomic E-state index is 0.0394. The predicted octanol–water partition coefficient (Wildman–Crippen LogP) is 14.7. The van der Waals surface area contributed by atoms with Crippen LogP contribution in [0.15, 0.2) is 200 Å². The smallest absolute Gasteiger partial charge is 0.164 e. The Labute approximate surface area is 377 Å². The molecule has 0 radical (unpaired) electrons. The minimum atomic E-state index is -0.0394. The van der Waals surface area contributed by atoms with Gasteiger partial charge in [0.05, 0.1) is 0 Å². The van der Waals surface area contributed by atoms with E-state index in [9.17, 15) is 0 Å². The van der Waals surface area contributed by atoms with Gasteiger partial charge >= 0.3 is 0 Å². The monoisotopic (exact) mass is 828 g/mol. The second-order valence-electron chi connectivity index (χ2n) is 18.3. The number of rotatable bonds is 10. The van der Waals surface area contributed by atoms with E-state index in [1.54, 1.807) is 0 Å². The molecule has 4 nitrogen and oxygen atoms in total. The van der Waals surface area contributed by atoms with Crippen LogP contribution in [0.1, 0.15) is 61.8 Å². The Morgan fingerprint density at radius 3 is 2.33 bits per heavy atom. The molecule has 7 aromatic rings. The Kier molecular flexibility index (Phi) is 10.2. The standard InChI is InChI=1S/C60H52N4/c1-4-5-6-7-9-18-39-29-34-55(61-45-31-33-49-48-25-14-15-28-53(48)60(2,3)54(49)38-45)52(35-39)42-30-32-47-44(36-42)37-43-23-17-27-51(56(43)47)59-63-57(41-20-10-8-11-21-41)62-58(64-59)50-26-16-22-40-19-12-13-24-46(40)50/h4-17,19-28,30-33,35,38,42,52,55,61H,1,18,29,34,36-37H2,2-3H3/b6-5-,9-7-. The fourth-order valence-electron chi connectivity index (χ4n) is 10.9. The number of nitrogens with zero attached hydrogens (tertiary/aromatic N) is 3. The zero-order chi connectivity index (χ0) is 43.2. The molecule has 1 N–H and O–H groups in total. The summed E-state index contributed by atoms with van der Waals surface area (Å²) >= 11 is 0. The van der Waals surface area contributed by atoms with Gasteiger partial charge in [0.25, 0.3) is 0 Å². The Morgan fingerprint density at radius 1 is 0.703 bits per heavy atom.